The fraction of sp³-hybridized carbons (Fsp3) is 0.333. The lowest BCUT2D eigenvalue weighted by Gasteiger charge is -2.17. The highest BCUT2D eigenvalue weighted by Gasteiger charge is 2.21. The van der Waals surface area contributed by atoms with Crippen LogP contribution in [0.1, 0.15) is 38.3 Å². The Balaban J connectivity index is 3.00. The predicted octanol–water partition coefficient (Wildman–Crippen LogP) is 4.08. The number of aldehydes is 1. The van der Waals surface area contributed by atoms with Crippen LogP contribution in [0.25, 0.3) is 0 Å². The molecule has 4 heteroatoms. The molecule has 0 radical (unpaired) electrons. The van der Waals surface area contributed by atoms with Gasteiger partial charge in [-0.2, -0.15) is 0 Å². The third kappa shape index (κ3) is 6.51. The number of rotatable bonds is 10. The molecular formula is C21H26O4. The van der Waals surface area contributed by atoms with Gasteiger partial charge in [0.05, 0.1) is 6.61 Å². The molecule has 0 aliphatic carbocycles. The minimum absolute atomic E-state index is 0.0655. The van der Waals surface area contributed by atoms with E-state index in [9.17, 15) is 14.7 Å². The van der Waals surface area contributed by atoms with Crippen molar-refractivity contribution >= 4 is 12.1 Å². The summed E-state index contributed by atoms with van der Waals surface area (Å²) in [7, 11) is 0. The second-order valence-electron chi connectivity index (χ2n) is 5.66. The summed E-state index contributed by atoms with van der Waals surface area (Å²) in [6.07, 6.45) is 10.1. The Morgan fingerprint density at radius 2 is 2.04 bits per heavy atom. The average molecular weight is 342 g/mol. The number of aryl methyl sites for hydroxylation is 1. The number of allylic oxidation sites excluding steroid dienone is 5. The number of Topliss-reactive ketones (excluding diaryl/α,β-unsaturated/α-hetero) is 1. The van der Waals surface area contributed by atoms with Gasteiger partial charge < -0.3 is 9.84 Å². The maximum absolute atomic E-state index is 11.9. The van der Waals surface area contributed by atoms with Gasteiger partial charge in [-0.3, -0.25) is 9.59 Å². The number of ketones is 1. The van der Waals surface area contributed by atoms with Crippen LogP contribution < -0.4 is 0 Å². The molecule has 0 aliphatic heterocycles. The molecule has 0 fully saturated rings. The van der Waals surface area contributed by atoms with Gasteiger partial charge in [0.25, 0.3) is 0 Å². The Morgan fingerprint density at radius 1 is 1.28 bits per heavy atom. The SMILES string of the molecule is C/C=C/C=C/C=C(/C=O)[C@H](OCc1c(O)cccc1CCC)C(C)=O. The summed E-state index contributed by atoms with van der Waals surface area (Å²) in [6, 6.07) is 5.31. The maximum atomic E-state index is 11.9. The number of hydrogen-bond donors (Lipinski definition) is 1. The zero-order chi connectivity index (χ0) is 18.7. The van der Waals surface area contributed by atoms with Crippen molar-refractivity contribution in [3.63, 3.8) is 0 Å². The third-order valence-electron chi connectivity index (χ3n) is 3.67. The summed E-state index contributed by atoms with van der Waals surface area (Å²) in [5.74, 6) is -0.122. The van der Waals surface area contributed by atoms with E-state index < -0.39 is 6.10 Å². The molecule has 134 valence electrons. The van der Waals surface area contributed by atoms with Gasteiger partial charge in [0.15, 0.2) is 5.78 Å². The van der Waals surface area contributed by atoms with Gasteiger partial charge in [-0.1, -0.05) is 55.9 Å². The summed E-state index contributed by atoms with van der Waals surface area (Å²) in [5.41, 5.74) is 1.89. The number of phenols is 1. The van der Waals surface area contributed by atoms with E-state index >= 15 is 0 Å². The Bertz CT molecular complexity index is 668. The van der Waals surface area contributed by atoms with Gasteiger partial charge in [0.2, 0.25) is 0 Å². The molecule has 1 rings (SSSR count). The van der Waals surface area contributed by atoms with Crippen LogP contribution in [-0.2, 0) is 27.4 Å². The van der Waals surface area contributed by atoms with Crippen molar-refractivity contribution in [2.24, 2.45) is 0 Å². The Kier molecular flexibility index (Phi) is 9.19. The molecule has 25 heavy (non-hydrogen) atoms. The van der Waals surface area contributed by atoms with E-state index in [2.05, 4.69) is 6.92 Å². The van der Waals surface area contributed by atoms with Crippen molar-refractivity contribution in [3.8, 4) is 5.75 Å². The van der Waals surface area contributed by atoms with Gasteiger partial charge in [0, 0.05) is 11.1 Å². The van der Waals surface area contributed by atoms with E-state index in [0.717, 1.165) is 18.4 Å². The predicted molar refractivity (Wildman–Crippen MR) is 99.5 cm³/mol. The summed E-state index contributed by atoms with van der Waals surface area (Å²) < 4.78 is 5.71. The van der Waals surface area contributed by atoms with Crippen LogP contribution in [0.15, 0.2) is 54.2 Å². The molecule has 1 aromatic rings. The molecule has 1 atom stereocenters. The smallest absolute Gasteiger partial charge is 0.163 e. The monoisotopic (exact) mass is 342 g/mol. The van der Waals surface area contributed by atoms with Crippen LogP contribution in [0.4, 0.5) is 0 Å². The Morgan fingerprint density at radius 3 is 2.64 bits per heavy atom. The van der Waals surface area contributed by atoms with Gasteiger partial charge >= 0.3 is 0 Å². The molecule has 0 saturated heterocycles. The molecule has 1 N–H and O–H groups in total. The number of carbonyl (C=O) groups excluding carboxylic acids is 2. The van der Waals surface area contributed by atoms with E-state index in [0.29, 0.717) is 11.8 Å². The molecule has 0 saturated carbocycles. The summed E-state index contributed by atoms with van der Waals surface area (Å²) in [5, 5.41) is 10.1. The number of carbonyl (C=O) groups is 2. The van der Waals surface area contributed by atoms with Gasteiger partial charge in [-0.05, 0) is 31.9 Å². The van der Waals surface area contributed by atoms with Crippen molar-refractivity contribution in [2.45, 2.75) is 46.3 Å². The zero-order valence-corrected chi connectivity index (χ0v) is 15.1. The number of benzene rings is 1. The Hall–Kier alpha value is -2.46. The highest BCUT2D eigenvalue weighted by atomic mass is 16.5. The first-order valence-corrected chi connectivity index (χ1v) is 8.41. The van der Waals surface area contributed by atoms with Crippen LogP contribution in [0, 0.1) is 0 Å². The molecule has 0 spiro atoms. The first kappa shape index (κ1) is 20.6. The lowest BCUT2D eigenvalue weighted by atomic mass is 10.0. The molecule has 4 nitrogen and oxygen atoms in total. The van der Waals surface area contributed by atoms with Crippen molar-refractivity contribution in [1.29, 1.82) is 0 Å². The van der Waals surface area contributed by atoms with Crippen molar-refractivity contribution in [1.82, 2.24) is 0 Å². The first-order valence-electron chi connectivity index (χ1n) is 8.41. The molecule has 0 aromatic heterocycles. The molecule has 0 amide bonds. The fourth-order valence-corrected chi connectivity index (χ4v) is 2.44. The van der Waals surface area contributed by atoms with E-state index in [1.807, 2.05) is 25.1 Å². The normalized spacial score (nSPS) is 13.5. The molecule has 0 bridgehead atoms. The minimum Gasteiger partial charge on any atom is -0.508 e. The first-order chi connectivity index (χ1) is 12.0. The number of aromatic hydroxyl groups is 1. The van der Waals surface area contributed by atoms with Crippen LogP contribution in [0.2, 0.25) is 0 Å². The number of phenolic OH excluding ortho intramolecular Hbond substituents is 1. The molecule has 1 aromatic carbocycles. The summed E-state index contributed by atoms with van der Waals surface area (Å²) >= 11 is 0. The van der Waals surface area contributed by atoms with Gasteiger partial charge in [-0.25, -0.2) is 0 Å². The quantitative estimate of drug-likeness (QED) is 0.395. The second kappa shape index (κ2) is 11.2. The minimum atomic E-state index is -0.957. The summed E-state index contributed by atoms with van der Waals surface area (Å²) in [4.78, 5) is 23.3. The van der Waals surface area contributed by atoms with Crippen molar-refractivity contribution in [3.05, 3.63) is 65.3 Å². The van der Waals surface area contributed by atoms with E-state index in [1.165, 1.54) is 6.92 Å². The summed E-state index contributed by atoms with van der Waals surface area (Å²) in [6.45, 7) is 5.39. The van der Waals surface area contributed by atoms with Crippen LogP contribution >= 0.6 is 0 Å². The lowest BCUT2D eigenvalue weighted by molar-refractivity contribution is -0.128. The van der Waals surface area contributed by atoms with E-state index in [4.69, 9.17) is 4.74 Å². The highest BCUT2D eigenvalue weighted by Crippen LogP contribution is 2.24. The Labute approximate surface area is 149 Å². The average Bonchev–Trinajstić information content (AvgIpc) is 2.58. The van der Waals surface area contributed by atoms with Crippen LogP contribution in [0.5, 0.6) is 5.75 Å². The fourth-order valence-electron chi connectivity index (χ4n) is 2.44. The lowest BCUT2D eigenvalue weighted by Crippen LogP contribution is -2.25. The zero-order valence-electron chi connectivity index (χ0n) is 15.1. The number of ether oxygens (including phenoxy) is 1. The highest BCUT2D eigenvalue weighted by molar-refractivity contribution is 5.92. The standard InChI is InChI=1S/C21H26O4/c1-4-6-7-8-11-18(14-22)21(16(3)23)25-15-19-17(10-5-2)12-9-13-20(19)24/h4,6-9,11-14,21,24H,5,10,15H2,1-3H3/b6-4+,8-7+,18-11-/t21-/m1/s1. The molecular weight excluding hydrogens is 316 g/mol. The van der Waals surface area contributed by atoms with E-state index in [1.54, 1.807) is 30.4 Å². The van der Waals surface area contributed by atoms with E-state index in [-0.39, 0.29) is 23.7 Å². The third-order valence-corrected chi connectivity index (χ3v) is 3.67. The molecule has 0 aliphatic rings. The van der Waals surface area contributed by atoms with Crippen LogP contribution in [0.3, 0.4) is 0 Å². The van der Waals surface area contributed by atoms with Crippen molar-refractivity contribution < 1.29 is 19.4 Å². The number of hydrogen-bond acceptors (Lipinski definition) is 4. The second-order valence-corrected chi connectivity index (χ2v) is 5.66. The van der Waals surface area contributed by atoms with Gasteiger partial charge in [0.1, 0.15) is 18.1 Å². The van der Waals surface area contributed by atoms with Gasteiger partial charge in [-0.15, -0.1) is 0 Å². The largest absolute Gasteiger partial charge is 0.508 e. The molecule has 0 heterocycles. The van der Waals surface area contributed by atoms with Crippen molar-refractivity contribution in [2.75, 3.05) is 0 Å². The topological polar surface area (TPSA) is 63.6 Å². The molecule has 0 unspecified atom stereocenters. The van der Waals surface area contributed by atoms with Crippen LogP contribution in [-0.4, -0.2) is 23.3 Å². The maximum Gasteiger partial charge on any atom is 0.163 e.